The van der Waals surface area contributed by atoms with Gasteiger partial charge in [0.1, 0.15) is 5.75 Å². The summed E-state index contributed by atoms with van der Waals surface area (Å²) >= 11 is 0. The number of hydrogen-bond acceptors (Lipinski definition) is 7. The van der Waals surface area contributed by atoms with Gasteiger partial charge in [-0.05, 0) is 62.5 Å². The number of benzene rings is 1. The SMILES string of the molecule is COCCCCOc1ccccc1C(=O)NC[C@@H](C[C@H](N)[C@@H](O)CNC(=O)[C@H]1CCC[C@@H]1O)C(C)C. The molecule has 1 aliphatic carbocycles. The Hall–Kier alpha value is -2.20. The van der Waals surface area contributed by atoms with Crippen LogP contribution in [0.15, 0.2) is 24.3 Å². The fourth-order valence-corrected chi connectivity index (χ4v) is 4.46. The van der Waals surface area contributed by atoms with Crippen LogP contribution in [0.1, 0.15) is 62.7 Å². The predicted octanol–water partition coefficient (Wildman–Crippen LogP) is 1.85. The highest BCUT2D eigenvalue weighted by Crippen LogP contribution is 2.25. The summed E-state index contributed by atoms with van der Waals surface area (Å²) in [6.45, 7) is 5.72. The zero-order chi connectivity index (χ0) is 26.5. The van der Waals surface area contributed by atoms with Gasteiger partial charge in [-0.2, -0.15) is 0 Å². The molecule has 5 atom stereocenters. The molecule has 9 heteroatoms. The minimum Gasteiger partial charge on any atom is -0.493 e. The molecular formula is C27H45N3O6. The third-order valence-electron chi connectivity index (χ3n) is 6.97. The summed E-state index contributed by atoms with van der Waals surface area (Å²) in [5, 5.41) is 26.1. The second-order valence-electron chi connectivity index (χ2n) is 10.1. The molecular weight excluding hydrogens is 462 g/mol. The van der Waals surface area contributed by atoms with Gasteiger partial charge in [-0.3, -0.25) is 9.59 Å². The van der Waals surface area contributed by atoms with E-state index in [0.29, 0.717) is 50.3 Å². The van der Waals surface area contributed by atoms with Gasteiger partial charge in [0.2, 0.25) is 5.91 Å². The lowest BCUT2D eigenvalue weighted by Crippen LogP contribution is -2.47. The first-order chi connectivity index (χ1) is 17.2. The number of ether oxygens (including phenoxy) is 2. The summed E-state index contributed by atoms with van der Waals surface area (Å²) in [5.74, 6) is -0.0664. The number of aliphatic hydroxyl groups is 2. The van der Waals surface area contributed by atoms with E-state index >= 15 is 0 Å². The molecule has 0 radical (unpaired) electrons. The average molecular weight is 508 g/mol. The van der Waals surface area contributed by atoms with Crippen molar-refractivity contribution in [2.24, 2.45) is 23.5 Å². The highest BCUT2D eigenvalue weighted by Gasteiger charge is 2.32. The van der Waals surface area contributed by atoms with E-state index in [1.807, 2.05) is 6.07 Å². The summed E-state index contributed by atoms with van der Waals surface area (Å²) in [7, 11) is 1.67. The molecule has 9 nitrogen and oxygen atoms in total. The van der Waals surface area contributed by atoms with Crippen molar-refractivity contribution in [3.8, 4) is 5.75 Å². The summed E-state index contributed by atoms with van der Waals surface area (Å²) in [6.07, 6.45) is 2.79. The van der Waals surface area contributed by atoms with Gasteiger partial charge in [-0.25, -0.2) is 0 Å². The maximum absolute atomic E-state index is 12.9. The number of rotatable bonds is 16. The van der Waals surface area contributed by atoms with Crippen LogP contribution in [0.3, 0.4) is 0 Å². The largest absolute Gasteiger partial charge is 0.493 e. The van der Waals surface area contributed by atoms with Gasteiger partial charge in [-0.1, -0.05) is 26.0 Å². The van der Waals surface area contributed by atoms with Crippen LogP contribution >= 0.6 is 0 Å². The molecule has 0 aliphatic heterocycles. The molecule has 1 aliphatic rings. The quantitative estimate of drug-likeness (QED) is 0.215. The molecule has 0 heterocycles. The monoisotopic (exact) mass is 507 g/mol. The lowest BCUT2D eigenvalue weighted by Gasteiger charge is -2.28. The number of para-hydroxylation sites is 1. The first-order valence-electron chi connectivity index (χ1n) is 13.1. The molecule has 0 saturated heterocycles. The van der Waals surface area contributed by atoms with E-state index in [0.717, 1.165) is 19.3 Å². The predicted molar refractivity (Wildman–Crippen MR) is 139 cm³/mol. The molecule has 2 rings (SSSR count). The van der Waals surface area contributed by atoms with Crippen LogP contribution in [0.4, 0.5) is 0 Å². The van der Waals surface area contributed by atoms with Crippen molar-refractivity contribution in [1.29, 1.82) is 0 Å². The zero-order valence-electron chi connectivity index (χ0n) is 21.9. The Morgan fingerprint density at radius 1 is 1.11 bits per heavy atom. The summed E-state index contributed by atoms with van der Waals surface area (Å²) in [5.41, 5.74) is 6.74. The Balaban J connectivity index is 1.83. The molecule has 36 heavy (non-hydrogen) atoms. The van der Waals surface area contributed by atoms with Gasteiger partial charge in [0.05, 0.1) is 30.3 Å². The van der Waals surface area contributed by atoms with Crippen molar-refractivity contribution < 1.29 is 29.3 Å². The number of hydrogen-bond donors (Lipinski definition) is 5. The van der Waals surface area contributed by atoms with Crippen LogP contribution in [0.5, 0.6) is 5.75 Å². The lowest BCUT2D eigenvalue weighted by atomic mass is 9.87. The Kier molecular flexibility index (Phi) is 13.2. The van der Waals surface area contributed by atoms with Crippen molar-refractivity contribution in [1.82, 2.24) is 10.6 Å². The molecule has 0 spiro atoms. The first kappa shape index (κ1) is 30.0. The van der Waals surface area contributed by atoms with Crippen LogP contribution < -0.4 is 21.1 Å². The second kappa shape index (κ2) is 15.8. The number of carbonyl (C=O) groups excluding carboxylic acids is 2. The first-order valence-corrected chi connectivity index (χ1v) is 13.1. The standard InChI is InChI=1S/C27H45N3O6/c1-18(2)19(15-22(28)24(32)17-30-26(33)20-10-8-11-23(20)31)16-29-27(34)21-9-4-5-12-25(21)36-14-7-6-13-35-3/h4-5,9,12,18-20,22-24,31-32H,6-8,10-11,13-17,28H2,1-3H3,(H,29,34)(H,30,33)/t19-,20+,22+,23+,24+/m1/s1. The molecule has 0 unspecified atom stereocenters. The number of methoxy groups -OCH3 is 1. The highest BCUT2D eigenvalue weighted by atomic mass is 16.5. The normalized spacial score (nSPS) is 20.1. The van der Waals surface area contributed by atoms with E-state index in [1.165, 1.54) is 0 Å². The minimum absolute atomic E-state index is 0.0353. The average Bonchev–Trinajstić information content (AvgIpc) is 3.30. The van der Waals surface area contributed by atoms with Crippen molar-refractivity contribution in [2.45, 2.75) is 70.6 Å². The van der Waals surface area contributed by atoms with E-state index in [9.17, 15) is 19.8 Å². The van der Waals surface area contributed by atoms with Crippen molar-refractivity contribution >= 4 is 11.8 Å². The number of nitrogens with two attached hydrogens (primary N) is 1. The topological polar surface area (TPSA) is 143 Å². The van der Waals surface area contributed by atoms with Crippen LogP contribution in [-0.2, 0) is 9.53 Å². The molecule has 1 aromatic rings. The van der Waals surface area contributed by atoms with E-state index < -0.39 is 24.2 Å². The van der Waals surface area contributed by atoms with Crippen LogP contribution in [0.25, 0.3) is 0 Å². The molecule has 0 bridgehead atoms. The van der Waals surface area contributed by atoms with Gasteiger partial charge in [-0.15, -0.1) is 0 Å². The van der Waals surface area contributed by atoms with E-state index in [4.69, 9.17) is 15.2 Å². The Labute approximate surface area is 215 Å². The molecule has 2 amide bonds. The maximum atomic E-state index is 12.9. The number of amides is 2. The van der Waals surface area contributed by atoms with Gasteiger partial charge in [0.25, 0.3) is 5.91 Å². The van der Waals surface area contributed by atoms with E-state index in [1.54, 1.807) is 25.3 Å². The lowest BCUT2D eigenvalue weighted by molar-refractivity contribution is -0.128. The number of unbranched alkanes of at least 4 members (excludes halogenated alkanes) is 1. The number of aliphatic hydroxyl groups excluding tert-OH is 2. The van der Waals surface area contributed by atoms with Crippen LogP contribution in [-0.4, -0.2) is 73.7 Å². The van der Waals surface area contributed by atoms with Crippen molar-refractivity contribution in [3.05, 3.63) is 29.8 Å². The fourth-order valence-electron chi connectivity index (χ4n) is 4.46. The van der Waals surface area contributed by atoms with E-state index in [2.05, 4.69) is 24.5 Å². The molecule has 1 fully saturated rings. The molecule has 1 saturated carbocycles. The zero-order valence-corrected chi connectivity index (χ0v) is 21.9. The van der Waals surface area contributed by atoms with Gasteiger partial charge < -0.3 is 36.1 Å². The number of carbonyl (C=O) groups is 2. The van der Waals surface area contributed by atoms with Gasteiger partial charge in [0.15, 0.2) is 0 Å². The van der Waals surface area contributed by atoms with Crippen LogP contribution in [0, 0.1) is 17.8 Å². The van der Waals surface area contributed by atoms with Crippen molar-refractivity contribution in [2.75, 3.05) is 33.4 Å². The van der Waals surface area contributed by atoms with Crippen molar-refractivity contribution in [3.63, 3.8) is 0 Å². The maximum Gasteiger partial charge on any atom is 0.255 e. The third-order valence-corrected chi connectivity index (χ3v) is 6.97. The van der Waals surface area contributed by atoms with Gasteiger partial charge >= 0.3 is 0 Å². The Morgan fingerprint density at radius 2 is 1.83 bits per heavy atom. The summed E-state index contributed by atoms with van der Waals surface area (Å²) in [6, 6.07) is 6.61. The smallest absolute Gasteiger partial charge is 0.255 e. The molecule has 1 aromatic carbocycles. The van der Waals surface area contributed by atoms with Gasteiger partial charge in [0, 0.05) is 32.8 Å². The molecule has 204 valence electrons. The molecule has 0 aromatic heterocycles. The minimum atomic E-state index is -0.920. The fraction of sp³-hybridized carbons (Fsp3) is 0.704. The number of nitrogens with one attached hydrogen (secondary N) is 2. The molecule has 6 N–H and O–H groups in total. The second-order valence-corrected chi connectivity index (χ2v) is 10.1. The Bertz CT molecular complexity index is 805. The third kappa shape index (κ3) is 9.69. The summed E-state index contributed by atoms with van der Waals surface area (Å²) in [4.78, 5) is 25.2. The Morgan fingerprint density at radius 3 is 2.50 bits per heavy atom. The summed E-state index contributed by atoms with van der Waals surface area (Å²) < 4.78 is 10.9. The van der Waals surface area contributed by atoms with E-state index in [-0.39, 0.29) is 30.2 Å². The van der Waals surface area contributed by atoms with Crippen LogP contribution in [0.2, 0.25) is 0 Å². The highest BCUT2D eigenvalue weighted by molar-refractivity contribution is 5.96.